The second kappa shape index (κ2) is 5.97. The molecule has 0 radical (unpaired) electrons. The lowest BCUT2D eigenvalue weighted by molar-refractivity contribution is 0.0955. The van der Waals surface area contributed by atoms with Gasteiger partial charge in [0.1, 0.15) is 5.82 Å². The summed E-state index contributed by atoms with van der Waals surface area (Å²) in [5.74, 6) is -0.702. The zero-order chi connectivity index (χ0) is 14.5. The van der Waals surface area contributed by atoms with Gasteiger partial charge in [-0.2, -0.15) is 5.10 Å². The number of rotatable bonds is 3. The van der Waals surface area contributed by atoms with Gasteiger partial charge in [0.2, 0.25) is 0 Å². The molecule has 0 fully saturated rings. The minimum atomic E-state index is -0.385. The lowest BCUT2D eigenvalue weighted by atomic mass is 10.1. The number of amides is 1. The monoisotopic (exact) mass is 271 g/mol. The van der Waals surface area contributed by atoms with Crippen molar-refractivity contribution in [3.63, 3.8) is 0 Å². The molecule has 0 aliphatic heterocycles. The largest absolute Gasteiger partial charge is 0.398 e. The minimum absolute atomic E-state index is 0.317. The van der Waals surface area contributed by atoms with Gasteiger partial charge in [-0.25, -0.2) is 9.82 Å². The third-order valence-corrected chi connectivity index (χ3v) is 2.79. The van der Waals surface area contributed by atoms with Crippen molar-refractivity contribution in [2.24, 2.45) is 5.10 Å². The fraction of sp³-hybridized carbons (Fsp3) is 0.0667. The highest BCUT2D eigenvalue weighted by Crippen LogP contribution is 2.10. The van der Waals surface area contributed by atoms with Crippen LogP contribution in [0.4, 0.5) is 10.1 Å². The van der Waals surface area contributed by atoms with Crippen LogP contribution in [-0.2, 0) is 0 Å². The van der Waals surface area contributed by atoms with Crippen LogP contribution in [0.1, 0.15) is 22.8 Å². The van der Waals surface area contributed by atoms with Crippen LogP contribution >= 0.6 is 0 Å². The molecule has 1 amide bonds. The van der Waals surface area contributed by atoms with Gasteiger partial charge in [-0.3, -0.25) is 4.79 Å². The van der Waals surface area contributed by atoms with E-state index in [0.717, 1.165) is 5.56 Å². The lowest BCUT2D eigenvalue weighted by Crippen LogP contribution is -2.20. The van der Waals surface area contributed by atoms with E-state index in [2.05, 4.69) is 10.5 Å². The van der Waals surface area contributed by atoms with Gasteiger partial charge < -0.3 is 5.73 Å². The topological polar surface area (TPSA) is 67.5 Å². The number of carbonyl (C=O) groups excluding carboxylic acids is 1. The molecule has 4 nitrogen and oxygen atoms in total. The van der Waals surface area contributed by atoms with Crippen molar-refractivity contribution < 1.29 is 9.18 Å². The van der Waals surface area contributed by atoms with E-state index >= 15 is 0 Å². The van der Waals surface area contributed by atoms with Gasteiger partial charge >= 0.3 is 0 Å². The third-order valence-electron chi connectivity index (χ3n) is 2.79. The van der Waals surface area contributed by atoms with Gasteiger partial charge in [-0.1, -0.05) is 24.3 Å². The Balaban J connectivity index is 2.11. The molecular weight excluding hydrogens is 257 g/mol. The number of benzene rings is 2. The first-order chi connectivity index (χ1) is 9.58. The van der Waals surface area contributed by atoms with Crippen molar-refractivity contribution >= 4 is 17.3 Å². The van der Waals surface area contributed by atoms with Gasteiger partial charge in [0.05, 0.1) is 11.3 Å². The predicted octanol–water partition coefficient (Wildman–Crippen LogP) is 2.56. The molecule has 2 aromatic carbocycles. The van der Waals surface area contributed by atoms with E-state index in [1.807, 2.05) is 0 Å². The standard InChI is InChI=1S/C15H14FN3O/c1-10(11-6-8-12(16)9-7-11)18-19-15(20)13-4-2-3-5-14(13)17/h2-9H,17H2,1H3,(H,19,20)/b18-10+. The summed E-state index contributed by atoms with van der Waals surface area (Å²) in [6, 6.07) is 12.6. The first kappa shape index (κ1) is 13.7. The molecule has 0 atom stereocenters. The smallest absolute Gasteiger partial charge is 0.273 e. The molecule has 0 unspecified atom stereocenters. The van der Waals surface area contributed by atoms with E-state index in [1.54, 1.807) is 43.3 Å². The highest BCUT2D eigenvalue weighted by molar-refractivity contribution is 6.02. The van der Waals surface area contributed by atoms with Crippen LogP contribution in [-0.4, -0.2) is 11.6 Å². The maximum Gasteiger partial charge on any atom is 0.273 e. The van der Waals surface area contributed by atoms with E-state index in [1.165, 1.54) is 12.1 Å². The zero-order valence-corrected chi connectivity index (χ0v) is 10.9. The zero-order valence-electron chi connectivity index (χ0n) is 10.9. The van der Waals surface area contributed by atoms with Crippen molar-refractivity contribution in [2.45, 2.75) is 6.92 Å². The average molecular weight is 271 g/mol. The summed E-state index contributed by atoms with van der Waals surface area (Å²) < 4.78 is 12.8. The number of nitrogen functional groups attached to an aromatic ring is 1. The molecule has 0 aliphatic rings. The highest BCUT2D eigenvalue weighted by Gasteiger charge is 2.07. The molecule has 0 aliphatic carbocycles. The third kappa shape index (κ3) is 3.20. The molecule has 0 saturated carbocycles. The molecule has 0 spiro atoms. The highest BCUT2D eigenvalue weighted by atomic mass is 19.1. The molecule has 0 bridgehead atoms. The Kier molecular flexibility index (Phi) is 4.10. The molecule has 0 saturated heterocycles. The number of hydrogen-bond donors (Lipinski definition) is 2. The van der Waals surface area contributed by atoms with Crippen LogP contribution in [0.3, 0.4) is 0 Å². The summed E-state index contributed by atoms with van der Waals surface area (Å²) in [6.45, 7) is 1.72. The van der Waals surface area contributed by atoms with Crippen molar-refractivity contribution in [3.05, 3.63) is 65.5 Å². The van der Waals surface area contributed by atoms with Crippen LogP contribution in [0.2, 0.25) is 0 Å². The van der Waals surface area contributed by atoms with Gasteiger partial charge in [0.25, 0.3) is 5.91 Å². The van der Waals surface area contributed by atoms with Crippen LogP contribution in [0.5, 0.6) is 0 Å². The molecule has 5 heteroatoms. The van der Waals surface area contributed by atoms with E-state index in [9.17, 15) is 9.18 Å². The quantitative estimate of drug-likeness (QED) is 0.512. The van der Waals surface area contributed by atoms with Crippen LogP contribution in [0.15, 0.2) is 53.6 Å². The first-order valence-electron chi connectivity index (χ1n) is 6.03. The first-order valence-corrected chi connectivity index (χ1v) is 6.03. The number of nitrogens with one attached hydrogen (secondary N) is 1. The Morgan fingerprint density at radius 1 is 1.15 bits per heavy atom. The van der Waals surface area contributed by atoms with Crippen molar-refractivity contribution in [3.8, 4) is 0 Å². The van der Waals surface area contributed by atoms with Gasteiger partial charge in [-0.15, -0.1) is 0 Å². The summed E-state index contributed by atoms with van der Waals surface area (Å²) in [4.78, 5) is 11.9. The lowest BCUT2D eigenvalue weighted by Gasteiger charge is -2.05. The number of carbonyl (C=O) groups is 1. The van der Waals surface area contributed by atoms with E-state index in [4.69, 9.17) is 5.73 Å². The molecule has 0 aromatic heterocycles. The second-order valence-corrected chi connectivity index (χ2v) is 4.23. The Bertz CT molecular complexity index is 650. The minimum Gasteiger partial charge on any atom is -0.398 e. The van der Waals surface area contributed by atoms with Gasteiger partial charge in [0.15, 0.2) is 0 Å². The van der Waals surface area contributed by atoms with Gasteiger partial charge in [0, 0.05) is 5.69 Å². The number of para-hydroxylation sites is 1. The van der Waals surface area contributed by atoms with Crippen molar-refractivity contribution in [2.75, 3.05) is 5.73 Å². The molecule has 102 valence electrons. The summed E-state index contributed by atoms with van der Waals surface area (Å²) >= 11 is 0. The normalized spacial score (nSPS) is 11.2. The Morgan fingerprint density at radius 2 is 1.80 bits per heavy atom. The Morgan fingerprint density at radius 3 is 2.45 bits per heavy atom. The molecule has 2 rings (SSSR count). The number of nitrogens with two attached hydrogens (primary N) is 1. The van der Waals surface area contributed by atoms with Gasteiger partial charge in [-0.05, 0) is 36.8 Å². The van der Waals surface area contributed by atoms with Crippen LogP contribution < -0.4 is 11.2 Å². The predicted molar refractivity (Wildman–Crippen MR) is 76.9 cm³/mol. The van der Waals surface area contributed by atoms with Crippen molar-refractivity contribution in [1.29, 1.82) is 0 Å². The van der Waals surface area contributed by atoms with Crippen LogP contribution in [0, 0.1) is 5.82 Å². The van der Waals surface area contributed by atoms with E-state index in [-0.39, 0.29) is 11.7 Å². The maximum atomic E-state index is 12.8. The Hall–Kier alpha value is -2.69. The number of nitrogens with zero attached hydrogens (tertiary/aromatic N) is 1. The maximum absolute atomic E-state index is 12.8. The number of halogens is 1. The average Bonchev–Trinajstić information content (AvgIpc) is 2.45. The van der Waals surface area contributed by atoms with E-state index < -0.39 is 0 Å². The summed E-state index contributed by atoms with van der Waals surface area (Å²) in [6.07, 6.45) is 0. The fourth-order valence-corrected chi connectivity index (χ4v) is 1.65. The van der Waals surface area contributed by atoms with Crippen molar-refractivity contribution in [1.82, 2.24) is 5.43 Å². The molecule has 3 N–H and O–H groups in total. The molecular formula is C15H14FN3O. The molecule has 20 heavy (non-hydrogen) atoms. The fourth-order valence-electron chi connectivity index (χ4n) is 1.65. The summed E-state index contributed by atoms with van der Waals surface area (Å²) in [5.41, 5.74) is 10.2. The SMILES string of the molecule is C/C(=N\NC(=O)c1ccccc1N)c1ccc(F)cc1. The number of hydrazone groups is 1. The summed E-state index contributed by atoms with van der Waals surface area (Å²) in [7, 11) is 0. The summed E-state index contributed by atoms with van der Waals surface area (Å²) in [5, 5.41) is 3.98. The van der Waals surface area contributed by atoms with E-state index in [0.29, 0.717) is 17.0 Å². The van der Waals surface area contributed by atoms with Crippen LogP contribution in [0.25, 0.3) is 0 Å². The molecule has 0 heterocycles. The second-order valence-electron chi connectivity index (χ2n) is 4.23. The Labute approximate surface area is 116 Å². The number of hydrogen-bond acceptors (Lipinski definition) is 3. The molecule has 2 aromatic rings. The number of anilines is 1.